The Morgan fingerprint density at radius 3 is 2.48 bits per heavy atom. The lowest BCUT2D eigenvalue weighted by molar-refractivity contribution is 0.604. The van der Waals surface area contributed by atoms with Gasteiger partial charge in [-0.1, -0.05) is 24.3 Å². The van der Waals surface area contributed by atoms with Crippen LogP contribution < -0.4 is 10.6 Å². The van der Waals surface area contributed by atoms with Crippen molar-refractivity contribution in [3.8, 4) is 0 Å². The molecule has 0 radical (unpaired) electrons. The topological polar surface area (TPSA) is 49.3 Å². The highest BCUT2D eigenvalue weighted by molar-refractivity contribution is 14.0. The van der Waals surface area contributed by atoms with E-state index >= 15 is 0 Å². The van der Waals surface area contributed by atoms with Crippen molar-refractivity contribution in [3.63, 3.8) is 0 Å². The highest BCUT2D eigenvalue weighted by Gasteiger charge is 2.02. The van der Waals surface area contributed by atoms with Crippen LogP contribution in [-0.2, 0) is 13.1 Å². The summed E-state index contributed by atoms with van der Waals surface area (Å²) in [6.07, 6.45) is 1.74. The highest BCUT2D eigenvalue weighted by atomic mass is 127. The van der Waals surface area contributed by atoms with Crippen LogP contribution in [0.1, 0.15) is 11.3 Å². The zero-order valence-electron chi connectivity index (χ0n) is 11.7. The lowest BCUT2D eigenvalue weighted by Gasteiger charge is -2.12. The molecule has 1 aromatic heterocycles. The Morgan fingerprint density at radius 2 is 1.81 bits per heavy atom. The molecular formula is C15H18FIN4. The number of pyridine rings is 1. The third-order valence-electron chi connectivity index (χ3n) is 2.79. The molecule has 1 heterocycles. The van der Waals surface area contributed by atoms with Gasteiger partial charge in [0.25, 0.3) is 0 Å². The fourth-order valence-electron chi connectivity index (χ4n) is 1.72. The van der Waals surface area contributed by atoms with Crippen LogP contribution in [0.25, 0.3) is 0 Å². The first-order chi connectivity index (χ1) is 9.79. The molecule has 0 spiro atoms. The molecule has 2 rings (SSSR count). The predicted octanol–water partition coefficient (Wildman–Crippen LogP) is 2.70. The van der Waals surface area contributed by atoms with Gasteiger partial charge in [0.2, 0.25) is 0 Å². The van der Waals surface area contributed by atoms with E-state index in [1.54, 1.807) is 25.4 Å². The Balaban J connectivity index is 0.00000220. The van der Waals surface area contributed by atoms with Gasteiger partial charge in [0.05, 0.1) is 12.2 Å². The minimum absolute atomic E-state index is 0. The Labute approximate surface area is 140 Å². The van der Waals surface area contributed by atoms with Crippen LogP contribution in [0.3, 0.4) is 0 Å². The van der Waals surface area contributed by atoms with Crippen molar-refractivity contribution in [3.05, 3.63) is 65.7 Å². The van der Waals surface area contributed by atoms with Crippen LogP contribution in [0, 0.1) is 5.82 Å². The summed E-state index contributed by atoms with van der Waals surface area (Å²) in [6.45, 7) is 0.951. The molecule has 1 aromatic carbocycles. The second kappa shape index (κ2) is 9.28. The molecule has 21 heavy (non-hydrogen) atoms. The second-order valence-electron chi connectivity index (χ2n) is 4.19. The number of rotatable bonds is 4. The van der Waals surface area contributed by atoms with E-state index in [9.17, 15) is 4.39 Å². The molecule has 0 saturated heterocycles. The van der Waals surface area contributed by atoms with Crippen LogP contribution in [0.4, 0.5) is 4.39 Å². The molecule has 0 aliphatic carbocycles. The van der Waals surface area contributed by atoms with Gasteiger partial charge in [-0.2, -0.15) is 0 Å². The minimum Gasteiger partial charge on any atom is -0.352 e. The number of aromatic nitrogens is 1. The van der Waals surface area contributed by atoms with Crippen molar-refractivity contribution in [2.24, 2.45) is 4.99 Å². The van der Waals surface area contributed by atoms with Crippen LogP contribution in [-0.4, -0.2) is 18.0 Å². The number of aliphatic imine (C=N–C) groups is 1. The van der Waals surface area contributed by atoms with Gasteiger partial charge in [0, 0.05) is 25.4 Å². The maximum absolute atomic E-state index is 13.5. The van der Waals surface area contributed by atoms with Crippen molar-refractivity contribution in [1.82, 2.24) is 15.6 Å². The van der Waals surface area contributed by atoms with Crippen molar-refractivity contribution in [2.45, 2.75) is 13.1 Å². The summed E-state index contributed by atoms with van der Waals surface area (Å²) in [6, 6.07) is 12.4. The summed E-state index contributed by atoms with van der Waals surface area (Å²) in [5.41, 5.74) is 1.52. The van der Waals surface area contributed by atoms with Gasteiger partial charge in [0.1, 0.15) is 5.82 Å². The van der Waals surface area contributed by atoms with Crippen molar-refractivity contribution in [1.29, 1.82) is 0 Å². The maximum Gasteiger partial charge on any atom is 0.191 e. The summed E-state index contributed by atoms with van der Waals surface area (Å²) < 4.78 is 13.5. The molecular weight excluding hydrogens is 382 g/mol. The summed E-state index contributed by atoms with van der Waals surface area (Å²) in [7, 11) is 1.68. The van der Waals surface area contributed by atoms with Gasteiger partial charge >= 0.3 is 0 Å². The van der Waals surface area contributed by atoms with Crippen LogP contribution in [0.15, 0.2) is 53.7 Å². The summed E-state index contributed by atoms with van der Waals surface area (Å²) in [4.78, 5) is 8.30. The zero-order chi connectivity index (χ0) is 14.2. The van der Waals surface area contributed by atoms with Gasteiger partial charge in [-0.15, -0.1) is 24.0 Å². The van der Waals surface area contributed by atoms with Crippen LogP contribution in [0.2, 0.25) is 0 Å². The van der Waals surface area contributed by atoms with Gasteiger partial charge < -0.3 is 10.6 Å². The lowest BCUT2D eigenvalue weighted by atomic mass is 10.2. The Morgan fingerprint density at radius 1 is 1.10 bits per heavy atom. The molecule has 0 fully saturated rings. The maximum atomic E-state index is 13.5. The fourth-order valence-corrected chi connectivity index (χ4v) is 1.72. The van der Waals surface area contributed by atoms with E-state index in [0.29, 0.717) is 24.6 Å². The summed E-state index contributed by atoms with van der Waals surface area (Å²) >= 11 is 0. The Hall–Kier alpha value is -1.70. The molecule has 0 bridgehead atoms. The molecule has 0 saturated carbocycles. The van der Waals surface area contributed by atoms with Gasteiger partial charge in [-0.05, 0) is 18.2 Å². The summed E-state index contributed by atoms with van der Waals surface area (Å²) in [5, 5.41) is 6.20. The third-order valence-corrected chi connectivity index (χ3v) is 2.79. The molecule has 0 aliphatic rings. The molecule has 2 aromatic rings. The molecule has 6 heteroatoms. The van der Waals surface area contributed by atoms with Gasteiger partial charge in [-0.25, -0.2) is 4.39 Å². The lowest BCUT2D eigenvalue weighted by Crippen LogP contribution is -2.36. The van der Waals surface area contributed by atoms with E-state index in [0.717, 1.165) is 5.69 Å². The number of guanidine groups is 1. The molecule has 2 N–H and O–H groups in total. The SMILES string of the molecule is CN=C(NCc1ccccn1)NCc1ccccc1F.I. The van der Waals surface area contributed by atoms with E-state index in [-0.39, 0.29) is 29.8 Å². The van der Waals surface area contributed by atoms with Crippen molar-refractivity contribution >= 4 is 29.9 Å². The van der Waals surface area contributed by atoms with E-state index < -0.39 is 0 Å². The standard InChI is InChI=1S/C15H17FN4.HI/c1-17-15(20-11-13-7-4-5-9-18-13)19-10-12-6-2-3-8-14(12)16;/h2-9H,10-11H2,1H3,(H2,17,19,20);1H. The van der Waals surface area contributed by atoms with Gasteiger partial charge in [0.15, 0.2) is 5.96 Å². The quantitative estimate of drug-likeness (QED) is 0.472. The van der Waals surface area contributed by atoms with Crippen molar-refractivity contribution in [2.75, 3.05) is 7.05 Å². The third kappa shape index (κ3) is 5.66. The van der Waals surface area contributed by atoms with Crippen LogP contribution >= 0.6 is 24.0 Å². The smallest absolute Gasteiger partial charge is 0.191 e. The first kappa shape index (κ1) is 17.4. The molecule has 4 nitrogen and oxygen atoms in total. The number of hydrogen-bond acceptors (Lipinski definition) is 2. The van der Waals surface area contributed by atoms with Gasteiger partial charge in [-0.3, -0.25) is 9.98 Å². The molecule has 0 atom stereocenters. The monoisotopic (exact) mass is 400 g/mol. The Bertz CT molecular complexity index is 575. The van der Waals surface area contributed by atoms with E-state index in [4.69, 9.17) is 0 Å². The van der Waals surface area contributed by atoms with Crippen molar-refractivity contribution < 1.29 is 4.39 Å². The first-order valence-electron chi connectivity index (χ1n) is 6.37. The van der Waals surface area contributed by atoms with E-state index in [2.05, 4.69) is 20.6 Å². The largest absolute Gasteiger partial charge is 0.352 e. The number of benzene rings is 1. The first-order valence-corrected chi connectivity index (χ1v) is 6.37. The van der Waals surface area contributed by atoms with Crippen LogP contribution in [0.5, 0.6) is 0 Å². The average Bonchev–Trinajstić information content (AvgIpc) is 2.50. The average molecular weight is 400 g/mol. The van der Waals surface area contributed by atoms with E-state index in [1.807, 2.05) is 24.3 Å². The molecule has 0 amide bonds. The second-order valence-corrected chi connectivity index (χ2v) is 4.19. The minimum atomic E-state index is -0.222. The molecule has 0 unspecified atom stereocenters. The number of nitrogens with one attached hydrogen (secondary N) is 2. The molecule has 0 aliphatic heterocycles. The number of halogens is 2. The number of nitrogens with zero attached hydrogens (tertiary/aromatic N) is 2. The normalized spacial score (nSPS) is 10.7. The summed E-state index contributed by atoms with van der Waals surface area (Å²) in [5.74, 6) is 0.388. The zero-order valence-corrected chi connectivity index (χ0v) is 14.0. The fraction of sp³-hybridized carbons (Fsp3) is 0.200. The number of hydrogen-bond donors (Lipinski definition) is 2. The highest BCUT2D eigenvalue weighted by Crippen LogP contribution is 2.05. The van der Waals surface area contributed by atoms with E-state index in [1.165, 1.54) is 6.07 Å². The predicted molar refractivity (Wildman–Crippen MR) is 93.1 cm³/mol. The molecule has 112 valence electrons. The Kier molecular flexibility index (Phi) is 7.66.